The summed E-state index contributed by atoms with van der Waals surface area (Å²) in [5.74, 6) is 0.583. The van der Waals surface area contributed by atoms with Gasteiger partial charge in [0.15, 0.2) is 5.76 Å². The number of aryl methyl sites for hydroxylation is 1. The molecule has 2 N–H and O–H groups in total. The number of hydrogen-bond acceptors (Lipinski definition) is 7. The van der Waals surface area contributed by atoms with E-state index in [1.54, 1.807) is 30.7 Å². The van der Waals surface area contributed by atoms with Crippen molar-refractivity contribution in [1.82, 2.24) is 14.5 Å². The van der Waals surface area contributed by atoms with Gasteiger partial charge in [-0.05, 0) is 37.3 Å². The second kappa shape index (κ2) is 9.10. The highest BCUT2D eigenvalue weighted by molar-refractivity contribution is 5.96. The fraction of sp³-hybridized carbons (Fsp3) is 0.148. The van der Waals surface area contributed by atoms with Gasteiger partial charge in [0, 0.05) is 34.3 Å². The Hall–Kier alpha value is -4.79. The lowest BCUT2D eigenvalue weighted by molar-refractivity contribution is -0.141. The fourth-order valence-electron chi connectivity index (χ4n) is 4.17. The number of aromatic amines is 1. The Morgan fingerprint density at radius 1 is 1.14 bits per heavy atom. The molecule has 0 atom stereocenters. The molecule has 0 aliphatic heterocycles. The third kappa shape index (κ3) is 4.00. The minimum absolute atomic E-state index is 0.0112. The maximum absolute atomic E-state index is 12.3. The number of fused-ring (bicyclic) bond motifs is 1. The van der Waals surface area contributed by atoms with Gasteiger partial charge < -0.3 is 28.5 Å². The monoisotopic (exact) mass is 485 g/mol. The van der Waals surface area contributed by atoms with Crippen LogP contribution in [0.4, 0.5) is 0 Å². The number of esters is 1. The van der Waals surface area contributed by atoms with E-state index in [-0.39, 0.29) is 18.3 Å². The molecular weight excluding hydrogens is 462 g/mol. The van der Waals surface area contributed by atoms with Gasteiger partial charge in [-0.15, -0.1) is 0 Å². The van der Waals surface area contributed by atoms with Gasteiger partial charge in [-0.2, -0.15) is 0 Å². The summed E-state index contributed by atoms with van der Waals surface area (Å²) in [5.41, 5.74) is 2.53. The number of para-hydroxylation sites is 1. The zero-order chi connectivity index (χ0) is 25.4. The fourth-order valence-corrected chi connectivity index (χ4v) is 4.17. The predicted molar refractivity (Wildman–Crippen MR) is 134 cm³/mol. The van der Waals surface area contributed by atoms with Crippen LogP contribution < -0.4 is 10.2 Å². The Morgan fingerprint density at radius 3 is 2.61 bits per heavy atom. The third-order valence-corrected chi connectivity index (χ3v) is 5.91. The van der Waals surface area contributed by atoms with Crippen LogP contribution >= 0.6 is 0 Å². The van der Waals surface area contributed by atoms with E-state index < -0.39 is 11.2 Å². The molecule has 0 bridgehead atoms. The number of methoxy groups -OCH3 is 2. The molecule has 5 aromatic rings. The van der Waals surface area contributed by atoms with E-state index in [9.17, 15) is 14.7 Å². The van der Waals surface area contributed by atoms with Crippen molar-refractivity contribution in [2.24, 2.45) is 0 Å². The van der Waals surface area contributed by atoms with Crippen LogP contribution in [0.5, 0.6) is 11.5 Å². The van der Waals surface area contributed by atoms with Crippen LogP contribution in [0.3, 0.4) is 0 Å². The van der Waals surface area contributed by atoms with Crippen LogP contribution in [0.2, 0.25) is 0 Å². The molecule has 0 spiro atoms. The maximum Gasteiger partial charge on any atom is 0.325 e. The SMILES string of the molecule is COC(=O)Cn1cc(-c2nc(-c3ccc(OC)cc3)c(-c3oc(C)cc(=O)c3O)[nH]2)c2ccccc21. The standard InChI is InChI=1S/C27H23N3O6/c1-15-12-21(31)25(33)26(36-15)24-23(16-8-10-17(34-2)11-9-16)28-27(29-24)19-13-30(14-22(32)35-3)20-7-5-4-6-18(19)20/h4-13,33H,14H2,1-3H3,(H,28,29). The van der Waals surface area contributed by atoms with Crippen molar-refractivity contribution in [3.05, 3.63) is 76.8 Å². The summed E-state index contributed by atoms with van der Waals surface area (Å²) in [6, 6.07) is 16.1. The van der Waals surface area contributed by atoms with Gasteiger partial charge in [-0.1, -0.05) is 18.2 Å². The smallest absolute Gasteiger partial charge is 0.325 e. The Kier molecular flexibility index (Phi) is 5.81. The summed E-state index contributed by atoms with van der Waals surface area (Å²) >= 11 is 0. The third-order valence-electron chi connectivity index (χ3n) is 5.91. The Labute approximate surface area is 205 Å². The number of hydrogen-bond donors (Lipinski definition) is 2. The molecule has 5 rings (SSSR count). The molecule has 0 amide bonds. The summed E-state index contributed by atoms with van der Waals surface area (Å²) < 4.78 is 17.7. The van der Waals surface area contributed by atoms with E-state index in [1.807, 2.05) is 42.6 Å². The number of rotatable bonds is 6. The molecule has 0 unspecified atom stereocenters. The zero-order valence-corrected chi connectivity index (χ0v) is 19.9. The number of aromatic hydroxyl groups is 1. The number of ether oxygens (including phenoxy) is 2. The first-order valence-corrected chi connectivity index (χ1v) is 11.1. The molecule has 9 heteroatoms. The van der Waals surface area contributed by atoms with Crippen LogP contribution in [0, 0.1) is 6.92 Å². The topological polar surface area (TPSA) is 120 Å². The Balaban J connectivity index is 1.75. The van der Waals surface area contributed by atoms with Crippen molar-refractivity contribution in [2.75, 3.05) is 14.2 Å². The first-order chi connectivity index (χ1) is 17.4. The van der Waals surface area contributed by atoms with E-state index in [0.29, 0.717) is 28.7 Å². The highest BCUT2D eigenvalue weighted by Crippen LogP contribution is 2.38. The number of H-pyrrole nitrogens is 1. The molecule has 3 heterocycles. The average molecular weight is 485 g/mol. The second-order valence-corrected chi connectivity index (χ2v) is 8.20. The molecule has 0 aliphatic carbocycles. The van der Waals surface area contributed by atoms with Gasteiger partial charge in [-0.3, -0.25) is 9.59 Å². The summed E-state index contributed by atoms with van der Waals surface area (Å²) in [6.45, 7) is 1.67. The molecule has 0 saturated carbocycles. The Morgan fingerprint density at radius 2 is 1.89 bits per heavy atom. The van der Waals surface area contributed by atoms with E-state index in [4.69, 9.17) is 18.9 Å². The summed E-state index contributed by atoms with van der Waals surface area (Å²) in [4.78, 5) is 32.4. The van der Waals surface area contributed by atoms with E-state index in [2.05, 4.69) is 4.98 Å². The molecule has 0 fully saturated rings. The van der Waals surface area contributed by atoms with Crippen LogP contribution in [0.1, 0.15) is 5.76 Å². The molecule has 0 aliphatic rings. The number of nitrogens with zero attached hydrogens (tertiary/aromatic N) is 2. The highest BCUT2D eigenvalue weighted by Gasteiger charge is 2.24. The number of nitrogens with one attached hydrogen (secondary N) is 1. The molecule has 2 aromatic carbocycles. The normalized spacial score (nSPS) is 11.1. The molecule has 0 radical (unpaired) electrons. The number of imidazole rings is 1. The lowest BCUT2D eigenvalue weighted by Gasteiger charge is -2.06. The first kappa shape index (κ1) is 23.0. The van der Waals surface area contributed by atoms with Crippen molar-refractivity contribution in [3.8, 4) is 45.6 Å². The minimum Gasteiger partial charge on any atom is -0.501 e. The summed E-state index contributed by atoms with van der Waals surface area (Å²) in [7, 11) is 2.92. The first-order valence-electron chi connectivity index (χ1n) is 11.1. The Bertz CT molecular complexity index is 1640. The lowest BCUT2D eigenvalue weighted by Crippen LogP contribution is -2.10. The van der Waals surface area contributed by atoms with Gasteiger partial charge in [0.25, 0.3) is 0 Å². The van der Waals surface area contributed by atoms with Gasteiger partial charge >= 0.3 is 5.97 Å². The maximum atomic E-state index is 12.3. The van der Waals surface area contributed by atoms with Gasteiger partial charge in [0.05, 0.1) is 14.2 Å². The minimum atomic E-state index is -0.555. The van der Waals surface area contributed by atoms with Gasteiger partial charge in [-0.25, -0.2) is 4.98 Å². The van der Waals surface area contributed by atoms with E-state index >= 15 is 0 Å². The number of carbonyl (C=O) groups excluding carboxylic acids is 1. The number of benzene rings is 2. The molecular formula is C27H23N3O6. The second-order valence-electron chi connectivity index (χ2n) is 8.20. The van der Waals surface area contributed by atoms with Gasteiger partial charge in [0.1, 0.15) is 35.3 Å². The van der Waals surface area contributed by atoms with Crippen molar-refractivity contribution in [1.29, 1.82) is 0 Å². The van der Waals surface area contributed by atoms with Crippen LogP contribution in [-0.2, 0) is 16.1 Å². The predicted octanol–water partition coefficient (Wildman–Crippen LogP) is 4.51. The molecule has 9 nitrogen and oxygen atoms in total. The zero-order valence-electron chi connectivity index (χ0n) is 19.9. The van der Waals surface area contributed by atoms with Crippen molar-refractivity contribution < 1.29 is 23.8 Å². The van der Waals surface area contributed by atoms with Crippen molar-refractivity contribution in [3.63, 3.8) is 0 Å². The average Bonchev–Trinajstić information content (AvgIpc) is 3.48. The number of aromatic nitrogens is 3. The molecule has 36 heavy (non-hydrogen) atoms. The molecule has 0 saturated heterocycles. The molecule has 182 valence electrons. The van der Waals surface area contributed by atoms with Gasteiger partial charge in [0.2, 0.25) is 11.2 Å². The largest absolute Gasteiger partial charge is 0.501 e. The number of carbonyl (C=O) groups is 1. The van der Waals surface area contributed by atoms with E-state index in [0.717, 1.165) is 22.0 Å². The van der Waals surface area contributed by atoms with Crippen LogP contribution in [0.25, 0.3) is 45.0 Å². The quantitative estimate of drug-likeness (QED) is 0.340. The highest BCUT2D eigenvalue weighted by atomic mass is 16.5. The van der Waals surface area contributed by atoms with E-state index in [1.165, 1.54) is 13.2 Å². The van der Waals surface area contributed by atoms with Crippen molar-refractivity contribution >= 4 is 16.9 Å². The molecule has 3 aromatic heterocycles. The summed E-state index contributed by atoms with van der Waals surface area (Å²) in [5, 5.41) is 11.4. The van der Waals surface area contributed by atoms with Crippen LogP contribution in [0.15, 0.2) is 70.0 Å². The summed E-state index contributed by atoms with van der Waals surface area (Å²) in [6.07, 6.45) is 1.81. The lowest BCUT2D eigenvalue weighted by atomic mass is 10.1. The van der Waals surface area contributed by atoms with Crippen LogP contribution in [-0.4, -0.2) is 39.8 Å². The van der Waals surface area contributed by atoms with Crippen molar-refractivity contribution in [2.45, 2.75) is 13.5 Å².